The summed E-state index contributed by atoms with van der Waals surface area (Å²) in [6.45, 7) is 14.6. The van der Waals surface area contributed by atoms with Gasteiger partial charge in [0.2, 0.25) is 0 Å². The molecule has 2 aliphatic carbocycles. The Hall–Kier alpha value is -1.08. The van der Waals surface area contributed by atoms with Crippen LogP contribution in [0.3, 0.4) is 0 Å². The Morgan fingerprint density at radius 3 is 2.32 bits per heavy atom. The minimum atomic E-state index is -1.58. The van der Waals surface area contributed by atoms with Gasteiger partial charge in [0.15, 0.2) is 0 Å². The Labute approximate surface area is 156 Å². The summed E-state index contributed by atoms with van der Waals surface area (Å²) in [6, 6.07) is 6.32. The minimum absolute atomic E-state index is 0.772. The number of benzene rings is 1. The molecule has 2 aliphatic rings. The minimum Gasteiger partial charge on any atom is -0.0808 e. The van der Waals surface area contributed by atoms with Crippen LogP contribution in [0.25, 0.3) is 0 Å². The zero-order valence-electron chi connectivity index (χ0n) is 17.1. The van der Waals surface area contributed by atoms with E-state index in [9.17, 15) is 0 Å². The van der Waals surface area contributed by atoms with Crippen LogP contribution in [0, 0.1) is 38.5 Å². The van der Waals surface area contributed by atoms with E-state index in [1.807, 2.05) is 0 Å². The van der Waals surface area contributed by atoms with Gasteiger partial charge in [-0.2, -0.15) is 0 Å². The summed E-state index contributed by atoms with van der Waals surface area (Å²) < 4.78 is 0. The SMILES string of the molecule is CCCC[Si](C)(c1c(C)cc(C)cc1C)C1C(C)CC2C=CC=CC21. The van der Waals surface area contributed by atoms with Gasteiger partial charge in [0.05, 0.1) is 8.07 Å². The molecule has 25 heavy (non-hydrogen) atoms. The van der Waals surface area contributed by atoms with Crippen molar-refractivity contribution in [2.45, 2.75) is 72.0 Å². The van der Waals surface area contributed by atoms with E-state index in [1.165, 1.54) is 30.9 Å². The third-order valence-electron chi connectivity index (χ3n) is 7.00. The third kappa shape index (κ3) is 3.32. The van der Waals surface area contributed by atoms with Crippen molar-refractivity contribution in [3.8, 4) is 0 Å². The van der Waals surface area contributed by atoms with Crippen LogP contribution in [0.4, 0.5) is 0 Å². The smallest absolute Gasteiger partial charge is 0.0808 e. The molecule has 0 amide bonds. The van der Waals surface area contributed by atoms with Crippen LogP contribution in [0.5, 0.6) is 0 Å². The van der Waals surface area contributed by atoms with E-state index in [-0.39, 0.29) is 0 Å². The highest BCUT2D eigenvalue weighted by atomic mass is 28.3. The number of hydrogen-bond acceptors (Lipinski definition) is 0. The van der Waals surface area contributed by atoms with Gasteiger partial charge in [-0.05, 0) is 50.5 Å². The zero-order chi connectivity index (χ0) is 18.2. The van der Waals surface area contributed by atoms with Crippen molar-refractivity contribution in [3.63, 3.8) is 0 Å². The maximum atomic E-state index is 2.73. The second-order valence-electron chi connectivity index (χ2n) is 9.04. The first-order valence-corrected chi connectivity index (χ1v) is 13.1. The molecule has 5 atom stereocenters. The first-order chi connectivity index (χ1) is 11.9. The lowest BCUT2D eigenvalue weighted by atomic mass is 9.92. The molecule has 1 heteroatoms. The zero-order valence-corrected chi connectivity index (χ0v) is 18.1. The molecule has 0 heterocycles. The van der Waals surface area contributed by atoms with Gasteiger partial charge in [-0.15, -0.1) is 0 Å². The van der Waals surface area contributed by atoms with E-state index in [0.717, 1.165) is 23.3 Å². The summed E-state index contributed by atoms with van der Waals surface area (Å²) >= 11 is 0. The number of aryl methyl sites for hydroxylation is 3. The van der Waals surface area contributed by atoms with Gasteiger partial charge in [-0.1, -0.05) is 97.6 Å². The number of allylic oxidation sites excluding steroid dienone is 4. The van der Waals surface area contributed by atoms with Gasteiger partial charge in [-0.3, -0.25) is 0 Å². The topological polar surface area (TPSA) is 0 Å². The summed E-state index contributed by atoms with van der Waals surface area (Å²) in [5, 5.41) is 1.78. The summed E-state index contributed by atoms with van der Waals surface area (Å²) in [7, 11) is -1.58. The summed E-state index contributed by atoms with van der Waals surface area (Å²) in [5.41, 5.74) is 5.43. The van der Waals surface area contributed by atoms with Crippen LogP contribution >= 0.6 is 0 Å². The molecule has 0 aromatic heterocycles. The molecule has 0 radical (unpaired) electrons. The van der Waals surface area contributed by atoms with Crippen LogP contribution < -0.4 is 5.19 Å². The first kappa shape index (κ1) is 18.7. The molecule has 1 fully saturated rings. The molecular formula is C24H36Si. The highest BCUT2D eigenvalue weighted by Crippen LogP contribution is 2.54. The molecule has 5 unspecified atom stereocenters. The summed E-state index contributed by atoms with van der Waals surface area (Å²) in [4.78, 5) is 0. The first-order valence-electron chi connectivity index (χ1n) is 10.3. The van der Waals surface area contributed by atoms with Crippen LogP contribution in [0.15, 0.2) is 36.4 Å². The Morgan fingerprint density at radius 1 is 1.04 bits per heavy atom. The molecule has 0 aliphatic heterocycles. The molecule has 0 N–H and O–H groups in total. The number of unbranched alkanes of at least 4 members (excludes halogenated alkanes) is 1. The molecule has 136 valence electrons. The summed E-state index contributed by atoms with van der Waals surface area (Å²) in [5.74, 6) is 2.40. The van der Waals surface area contributed by atoms with Crippen molar-refractivity contribution in [2.75, 3.05) is 0 Å². The van der Waals surface area contributed by atoms with E-state index >= 15 is 0 Å². The lowest BCUT2D eigenvalue weighted by Crippen LogP contribution is -2.54. The maximum Gasteiger partial charge on any atom is 0.0882 e. The van der Waals surface area contributed by atoms with Gasteiger partial charge >= 0.3 is 0 Å². The Balaban J connectivity index is 2.11. The van der Waals surface area contributed by atoms with Crippen molar-refractivity contribution >= 4 is 13.3 Å². The fraction of sp³-hybridized carbons (Fsp3) is 0.583. The lowest BCUT2D eigenvalue weighted by Gasteiger charge is -2.42. The Morgan fingerprint density at radius 2 is 1.68 bits per heavy atom. The van der Waals surface area contributed by atoms with E-state index in [0.29, 0.717) is 0 Å². The molecule has 1 saturated carbocycles. The molecule has 0 spiro atoms. The quantitative estimate of drug-likeness (QED) is 0.533. The van der Waals surface area contributed by atoms with Gasteiger partial charge < -0.3 is 0 Å². The van der Waals surface area contributed by atoms with Crippen LogP contribution in [-0.4, -0.2) is 8.07 Å². The average molecular weight is 353 g/mol. The largest absolute Gasteiger partial charge is 0.0882 e. The monoisotopic (exact) mass is 352 g/mol. The number of fused-ring (bicyclic) bond motifs is 1. The van der Waals surface area contributed by atoms with Crippen molar-refractivity contribution in [3.05, 3.63) is 53.1 Å². The molecule has 0 bridgehead atoms. The fourth-order valence-corrected chi connectivity index (χ4v) is 12.9. The van der Waals surface area contributed by atoms with Gasteiger partial charge in [0.25, 0.3) is 0 Å². The van der Waals surface area contributed by atoms with Crippen molar-refractivity contribution in [1.29, 1.82) is 0 Å². The third-order valence-corrected chi connectivity index (χ3v) is 12.8. The van der Waals surface area contributed by atoms with Crippen molar-refractivity contribution in [2.24, 2.45) is 17.8 Å². The van der Waals surface area contributed by atoms with E-state index in [2.05, 4.69) is 77.6 Å². The molecular weight excluding hydrogens is 316 g/mol. The lowest BCUT2D eigenvalue weighted by molar-refractivity contribution is 0.541. The highest BCUT2D eigenvalue weighted by molar-refractivity contribution is 6.92. The predicted molar refractivity (Wildman–Crippen MR) is 114 cm³/mol. The van der Waals surface area contributed by atoms with Crippen molar-refractivity contribution < 1.29 is 0 Å². The van der Waals surface area contributed by atoms with Crippen LogP contribution in [0.2, 0.25) is 18.1 Å². The molecule has 1 aromatic rings. The Kier molecular flexibility index (Phi) is 5.44. The van der Waals surface area contributed by atoms with E-state index in [1.54, 1.807) is 16.3 Å². The van der Waals surface area contributed by atoms with E-state index < -0.39 is 8.07 Å². The van der Waals surface area contributed by atoms with Gasteiger partial charge in [0.1, 0.15) is 0 Å². The van der Waals surface area contributed by atoms with Crippen LogP contribution in [-0.2, 0) is 0 Å². The van der Waals surface area contributed by atoms with E-state index in [4.69, 9.17) is 0 Å². The van der Waals surface area contributed by atoms with Gasteiger partial charge in [0, 0.05) is 0 Å². The Bertz CT molecular complexity index is 660. The van der Waals surface area contributed by atoms with Crippen molar-refractivity contribution in [1.82, 2.24) is 0 Å². The standard InChI is InChI=1S/C24H36Si/c1-7-8-13-25(6,23-18(3)14-17(2)15-19(23)4)24-20(5)16-21-11-9-10-12-22(21)24/h9-12,14-15,20-22,24H,7-8,13,16H2,1-6H3. The second kappa shape index (κ2) is 7.27. The fourth-order valence-electron chi connectivity index (χ4n) is 6.38. The molecule has 1 aromatic carbocycles. The highest BCUT2D eigenvalue weighted by Gasteiger charge is 2.51. The molecule has 0 nitrogen and oxygen atoms in total. The predicted octanol–water partition coefficient (Wildman–Crippen LogP) is 6.47. The molecule has 3 rings (SSSR count). The number of rotatable bonds is 5. The maximum absolute atomic E-state index is 2.73. The molecule has 0 saturated heterocycles. The van der Waals surface area contributed by atoms with Gasteiger partial charge in [-0.25, -0.2) is 0 Å². The van der Waals surface area contributed by atoms with Crippen LogP contribution in [0.1, 0.15) is 49.8 Å². The number of hydrogen-bond donors (Lipinski definition) is 0. The second-order valence-corrected chi connectivity index (χ2v) is 13.5. The summed E-state index contributed by atoms with van der Waals surface area (Å²) in [6.07, 6.45) is 13.7. The average Bonchev–Trinajstić information content (AvgIpc) is 2.88. The normalized spacial score (nSPS) is 30.3.